The lowest BCUT2D eigenvalue weighted by molar-refractivity contribution is 0.0949. The zero-order chi connectivity index (χ0) is 18.1. The summed E-state index contributed by atoms with van der Waals surface area (Å²) < 4.78 is 5.87. The van der Waals surface area contributed by atoms with Crippen LogP contribution in [0.15, 0.2) is 47.4 Å². The minimum absolute atomic E-state index is 0.0995. The van der Waals surface area contributed by atoms with Gasteiger partial charge in [-0.25, -0.2) is 0 Å². The van der Waals surface area contributed by atoms with Crippen molar-refractivity contribution in [3.63, 3.8) is 0 Å². The number of nitrogens with zero attached hydrogens (tertiary/aromatic N) is 1. The lowest BCUT2D eigenvalue weighted by Crippen LogP contribution is -2.29. The Labute approximate surface area is 147 Å². The van der Waals surface area contributed by atoms with E-state index in [1.807, 2.05) is 24.3 Å². The van der Waals surface area contributed by atoms with E-state index in [4.69, 9.17) is 4.74 Å². The molecule has 1 aromatic heterocycles. The van der Waals surface area contributed by atoms with Crippen LogP contribution < -0.4 is 15.6 Å². The molecule has 0 radical (unpaired) electrons. The number of benzene rings is 1. The second-order valence-electron chi connectivity index (χ2n) is 5.58. The molecule has 0 spiro atoms. The highest BCUT2D eigenvalue weighted by atomic mass is 16.5. The van der Waals surface area contributed by atoms with Crippen molar-refractivity contribution in [2.24, 2.45) is 0 Å². The monoisotopic (exact) mass is 343 g/mol. The summed E-state index contributed by atoms with van der Waals surface area (Å²) in [6.45, 7) is 7.97. The van der Waals surface area contributed by atoms with Gasteiger partial charge in [-0.3, -0.25) is 9.59 Å². The number of pyridine rings is 1. The number of likely N-dealkylation sites (N-methyl/N-ethyl adjacent to an activating group) is 1. The van der Waals surface area contributed by atoms with Crippen LogP contribution in [0.25, 0.3) is 0 Å². The smallest absolute Gasteiger partial charge is 0.260 e. The van der Waals surface area contributed by atoms with Gasteiger partial charge in [-0.15, -0.1) is 0 Å². The second-order valence-corrected chi connectivity index (χ2v) is 5.58. The average molecular weight is 343 g/mol. The van der Waals surface area contributed by atoms with Gasteiger partial charge in [-0.05, 0) is 31.3 Å². The molecule has 0 saturated heterocycles. The number of carbonyl (C=O) groups is 1. The first-order valence-electron chi connectivity index (χ1n) is 8.54. The number of aromatic amines is 1. The van der Waals surface area contributed by atoms with Crippen molar-refractivity contribution in [3.05, 3.63) is 64.1 Å². The van der Waals surface area contributed by atoms with Crippen LogP contribution in [0.2, 0.25) is 0 Å². The quantitative estimate of drug-likeness (QED) is 0.730. The molecule has 6 nitrogen and oxygen atoms in total. The summed E-state index contributed by atoms with van der Waals surface area (Å²) in [6.07, 6.45) is 1.50. The van der Waals surface area contributed by atoms with Crippen molar-refractivity contribution < 1.29 is 9.53 Å². The Morgan fingerprint density at radius 1 is 1.16 bits per heavy atom. The van der Waals surface area contributed by atoms with Crippen molar-refractivity contribution in [1.29, 1.82) is 0 Å². The largest absolute Gasteiger partial charge is 0.492 e. The first-order chi connectivity index (χ1) is 12.2. The summed E-state index contributed by atoms with van der Waals surface area (Å²) in [5.41, 5.74) is 0.578. The molecule has 25 heavy (non-hydrogen) atoms. The minimum Gasteiger partial charge on any atom is -0.492 e. The van der Waals surface area contributed by atoms with E-state index < -0.39 is 11.5 Å². The van der Waals surface area contributed by atoms with E-state index in [0.29, 0.717) is 13.2 Å². The summed E-state index contributed by atoms with van der Waals surface area (Å²) >= 11 is 0. The number of aromatic nitrogens is 1. The SMILES string of the molecule is CCN(CC)CCOc1ccccc1CNC(=O)c1ccc[nH]c1=O. The maximum Gasteiger partial charge on any atom is 0.260 e. The molecule has 0 saturated carbocycles. The molecule has 0 aliphatic rings. The van der Waals surface area contributed by atoms with Gasteiger partial charge in [0.2, 0.25) is 0 Å². The van der Waals surface area contributed by atoms with Crippen LogP contribution in [-0.4, -0.2) is 42.0 Å². The average Bonchev–Trinajstić information content (AvgIpc) is 2.64. The molecule has 6 heteroatoms. The first-order valence-corrected chi connectivity index (χ1v) is 8.54. The Morgan fingerprint density at radius 3 is 2.64 bits per heavy atom. The number of hydrogen-bond donors (Lipinski definition) is 2. The van der Waals surface area contributed by atoms with Crippen LogP contribution in [0.1, 0.15) is 29.8 Å². The molecule has 2 N–H and O–H groups in total. The Kier molecular flexibility index (Phi) is 7.22. The molecule has 0 aliphatic carbocycles. The molecule has 134 valence electrons. The van der Waals surface area contributed by atoms with Crippen molar-refractivity contribution >= 4 is 5.91 Å². The summed E-state index contributed by atoms with van der Waals surface area (Å²) in [5, 5.41) is 2.77. The van der Waals surface area contributed by atoms with Crippen molar-refractivity contribution in [3.8, 4) is 5.75 Å². The third-order valence-electron chi connectivity index (χ3n) is 4.03. The van der Waals surface area contributed by atoms with E-state index in [0.717, 1.165) is 30.9 Å². The van der Waals surface area contributed by atoms with Crippen molar-refractivity contribution in [1.82, 2.24) is 15.2 Å². The fourth-order valence-corrected chi connectivity index (χ4v) is 2.49. The minimum atomic E-state index is -0.403. The van der Waals surface area contributed by atoms with Gasteiger partial charge in [0, 0.05) is 24.8 Å². The van der Waals surface area contributed by atoms with Crippen LogP contribution in [0.4, 0.5) is 0 Å². The van der Waals surface area contributed by atoms with E-state index in [2.05, 4.69) is 29.0 Å². The zero-order valence-corrected chi connectivity index (χ0v) is 14.7. The molecule has 0 fully saturated rings. The number of carbonyl (C=O) groups excluding carboxylic acids is 1. The molecule has 0 unspecified atom stereocenters. The molecular weight excluding hydrogens is 318 g/mol. The standard InChI is InChI=1S/C19H25N3O3/c1-3-22(4-2)12-13-25-17-10-6-5-8-15(17)14-21-19(24)16-9-7-11-20-18(16)23/h5-11H,3-4,12-14H2,1-2H3,(H,20,23)(H,21,24). The molecule has 0 atom stereocenters. The summed E-state index contributed by atoms with van der Waals surface area (Å²) in [5.74, 6) is 0.344. The third-order valence-corrected chi connectivity index (χ3v) is 4.03. The van der Waals surface area contributed by atoms with Gasteiger partial charge in [-0.2, -0.15) is 0 Å². The fourth-order valence-electron chi connectivity index (χ4n) is 2.49. The Balaban J connectivity index is 1.95. The first kappa shape index (κ1) is 18.7. The van der Waals surface area contributed by atoms with Crippen LogP contribution in [0, 0.1) is 0 Å². The van der Waals surface area contributed by atoms with Gasteiger partial charge < -0.3 is 19.9 Å². The summed E-state index contributed by atoms with van der Waals surface area (Å²) in [6, 6.07) is 10.7. The molecule has 2 aromatic rings. The van der Waals surface area contributed by atoms with E-state index in [-0.39, 0.29) is 5.56 Å². The highest BCUT2D eigenvalue weighted by molar-refractivity contribution is 5.93. The molecule has 1 amide bonds. The predicted octanol–water partition coefficient (Wildman–Crippen LogP) is 2.03. The van der Waals surface area contributed by atoms with E-state index in [1.165, 1.54) is 12.3 Å². The highest BCUT2D eigenvalue weighted by Crippen LogP contribution is 2.17. The summed E-state index contributed by atoms with van der Waals surface area (Å²) in [4.78, 5) is 28.6. The Morgan fingerprint density at radius 2 is 1.92 bits per heavy atom. The Hall–Kier alpha value is -2.60. The van der Waals surface area contributed by atoms with Gasteiger partial charge in [0.1, 0.15) is 17.9 Å². The predicted molar refractivity (Wildman–Crippen MR) is 98.0 cm³/mol. The van der Waals surface area contributed by atoms with Crippen LogP contribution in [0.5, 0.6) is 5.75 Å². The Bertz CT molecular complexity index is 738. The molecular formula is C19H25N3O3. The van der Waals surface area contributed by atoms with Gasteiger partial charge in [0.15, 0.2) is 0 Å². The number of hydrogen-bond acceptors (Lipinski definition) is 4. The fraction of sp³-hybridized carbons (Fsp3) is 0.368. The van der Waals surface area contributed by atoms with Crippen LogP contribution >= 0.6 is 0 Å². The van der Waals surface area contributed by atoms with Gasteiger partial charge >= 0.3 is 0 Å². The van der Waals surface area contributed by atoms with Crippen molar-refractivity contribution in [2.75, 3.05) is 26.2 Å². The van der Waals surface area contributed by atoms with Crippen LogP contribution in [-0.2, 0) is 6.54 Å². The normalized spacial score (nSPS) is 10.7. The van der Waals surface area contributed by atoms with Gasteiger partial charge in [0.25, 0.3) is 11.5 Å². The third kappa shape index (κ3) is 5.46. The number of amides is 1. The molecule has 0 aliphatic heterocycles. The zero-order valence-electron chi connectivity index (χ0n) is 14.7. The molecule has 0 bridgehead atoms. The van der Waals surface area contributed by atoms with Crippen LogP contribution in [0.3, 0.4) is 0 Å². The van der Waals surface area contributed by atoms with E-state index in [9.17, 15) is 9.59 Å². The lowest BCUT2D eigenvalue weighted by Gasteiger charge is -2.19. The number of rotatable bonds is 9. The van der Waals surface area contributed by atoms with Crippen molar-refractivity contribution in [2.45, 2.75) is 20.4 Å². The lowest BCUT2D eigenvalue weighted by atomic mass is 10.2. The van der Waals surface area contributed by atoms with E-state index >= 15 is 0 Å². The topological polar surface area (TPSA) is 74.4 Å². The van der Waals surface area contributed by atoms with Gasteiger partial charge in [-0.1, -0.05) is 32.0 Å². The molecule has 1 heterocycles. The number of ether oxygens (including phenoxy) is 1. The summed E-state index contributed by atoms with van der Waals surface area (Å²) in [7, 11) is 0. The number of H-pyrrole nitrogens is 1. The highest BCUT2D eigenvalue weighted by Gasteiger charge is 2.11. The van der Waals surface area contributed by atoms with E-state index in [1.54, 1.807) is 6.07 Å². The van der Waals surface area contributed by atoms with Gasteiger partial charge in [0.05, 0.1) is 0 Å². The molecule has 1 aromatic carbocycles. The molecule has 2 rings (SSSR count). The second kappa shape index (κ2) is 9.64. The maximum atomic E-state index is 12.2. The number of para-hydroxylation sites is 1. The maximum absolute atomic E-state index is 12.2. The number of nitrogens with one attached hydrogen (secondary N) is 2.